The lowest BCUT2D eigenvalue weighted by molar-refractivity contribution is -0.127. The summed E-state index contributed by atoms with van der Waals surface area (Å²) < 4.78 is 10.9. The van der Waals surface area contributed by atoms with Crippen LogP contribution in [-0.4, -0.2) is 67.5 Å². The van der Waals surface area contributed by atoms with Gasteiger partial charge in [-0.25, -0.2) is 0 Å². The van der Waals surface area contributed by atoms with E-state index in [0.29, 0.717) is 50.0 Å². The number of nitrogens with zero attached hydrogens (tertiary/aromatic N) is 1. The first-order valence-electron chi connectivity index (χ1n) is 13.0. The van der Waals surface area contributed by atoms with E-state index in [2.05, 4.69) is 31.0 Å². The van der Waals surface area contributed by atoms with Gasteiger partial charge in [0.25, 0.3) is 0 Å². The summed E-state index contributed by atoms with van der Waals surface area (Å²) >= 11 is 6.32. The number of aliphatic hydroxyl groups is 1. The van der Waals surface area contributed by atoms with Gasteiger partial charge in [-0.05, 0) is 50.3 Å². The second-order valence-corrected chi connectivity index (χ2v) is 10.4. The summed E-state index contributed by atoms with van der Waals surface area (Å²) in [5, 5.41) is 14.5. The van der Waals surface area contributed by atoms with Crippen LogP contribution in [0.4, 0.5) is 0 Å². The quantitative estimate of drug-likeness (QED) is 0.254. The molecular weight excluding hydrogens is 466 g/mol. The highest BCUT2D eigenvalue weighted by Crippen LogP contribution is 2.27. The molecule has 0 saturated carbocycles. The van der Waals surface area contributed by atoms with E-state index in [1.54, 1.807) is 7.11 Å². The molecule has 0 saturated heterocycles. The molecule has 1 aromatic rings. The van der Waals surface area contributed by atoms with Crippen LogP contribution in [0.2, 0.25) is 5.02 Å². The lowest BCUT2D eigenvalue weighted by Gasteiger charge is -2.32. The van der Waals surface area contributed by atoms with Crippen molar-refractivity contribution in [3.63, 3.8) is 0 Å². The molecule has 0 aliphatic carbocycles. The fraction of sp³-hybridized carbons (Fsp3) is 0.741. The van der Waals surface area contributed by atoms with E-state index < -0.39 is 12.1 Å². The largest absolute Gasteiger partial charge is 0.492 e. The van der Waals surface area contributed by atoms with Crippen LogP contribution >= 0.6 is 11.6 Å². The first-order valence-corrected chi connectivity index (χ1v) is 13.3. The van der Waals surface area contributed by atoms with Gasteiger partial charge in [0.2, 0.25) is 5.91 Å². The standard InChI is InChI=1S/C27H48ClN3O4/c1-7-8-12-30-27(33)22(19(2)3)16-25(32)24(29)18-31(20(4)5)17-21-10-11-23(28)26(15-21)35-14-9-13-34-6/h10-11,15,19-20,22,24-25,32H,7-9,12-14,16-18,29H2,1-6H3,(H,30,33)/t22-,24-,25-/m0/s1. The monoisotopic (exact) mass is 513 g/mol. The van der Waals surface area contributed by atoms with E-state index in [-0.39, 0.29) is 23.8 Å². The Morgan fingerprint density at radius 2 is 1.91 bits per heavy atom. The lowest BCUT2D eigenvalue weighted by atomic mass is 9.87. The molecule has 1 amide bonds. The molecule has 0 aliphatic rings. The molecule has 0 radical (unpaired) electrons. The molecule has 1 aromatic carbocycles. The van der Waals surface area contributed by atoms with Crippen molar-refractivity contribution < 1.29 is 19.4 Å². The maximum Gasteiger partial charge on any atom is 0.223 e. The van der Waals surface area contributed by atoms with Crippen molar-refractivity contribution in [2.24, 2.45) is 17.6 Å². The van der Waals surface area contributed by atoms with Gasteiger partial charge in [0.05, 0.1) is 17.7 Å². The Labute approximate surface area is 217 Å². The molecule has 0 unspecified atom stereocenters. The second-order valence-electron chi connectivity index (χ2n) is 9.94. The minimum Gasteiger partial charge on any atom is -0.492 e. The van der Waals surface area contributed by atoms with Crippen LogP contribution in [0.25, 0.3) is 0 Å². The Hall–Kier alpha value is -1.38. The van der Waals surface area contributed by atoms with Crippen LogP contribution in [0.15, 0.2) is 18.2 Å². The van der Waals surface area contributed by atoms with Crippen molar-refractivity contribution in [1.29, 1.82) is 0 Å². The number of amides is 1. The molecule has 202 valence electrons. The molecule has 3 atom stereocenters. The molecular formula is C27H48ClN3O4. The Kier molecular flexibility index (Phi) is 15.5. The highest BCUT2D eigenvalue weighted by Gasteiger charge is 2.29. The van der Waals surface area contributed by atoms with Crippen molar-refractivity contribution in [2.75, 3.05) is 33.4 Å². The zero-order valence-corrected chi connectivity index (χ0v) is 23.3. The molecule has 0 spiro atoms. The Morgan fingerprint density at radius 3 is 2.51 bits per heavy atom. The number of benzene rings is 1. The number of carbonyl (C=O) groups is 1. The summed E-state index contributed by atoms with van der Waals surface area (Å²) in [6.07, 6.45) is 2.34. The lowest BCUT2D eigenvalue weighted by Crippen LogP contribution is -2.48. The molecule has 7 nitrogen and oxygen atoms in total. The highest BCUT2D eigenvalue weighted by molar-refractivity contribution is 6.32. The molecule has 0 aromatic heterocycles. The number of unbranched alkanes of at least 4 members (excludes halogenated alkanes) is 1. The van der Waals surface area contributed by atoms with Crippen molar-refractivity contribution in [3.05, 3.63) is 28.8 Å². The Bertz CT molecular complexity index is 732. The minimum absolute atomic E-state index is 0.000362. The van der Waals surface area contributed by atoms with Crippen molar-refractivity contribution in [1.82, 2.24) is 10.2 Å². The zero-order chi connectivity index (χ0) is 26.4. The van der Waals surface area contributed by atoms with Gasteiger partial charge in [-0.1, -0.05) is 44.9 Å². The number of hydrogen-bond acceptors (Lipinski definition) is 6. The van der Waals surface area contributed by atoms with Crippen LogP contribution < -0.4 is 15.8 Å². The van der Waals surface area contributed by atoms with Gasteiger partial charge in [0.1, 0.15) is 5.75 Å². The van der Waals surface area contributed by atoms with E-state index >= 15 is 0 Å². The summed E-state index contributed by atoms with van der Waals surface area (Å²) in [5.41, 5.74) is 7.50. The summed E-state index contributed by atoms with van der Waals surface area (Å²) in [5.74, 6) is 0.507. The number of nitrogens with two attached hydrogens (primary N) is 1. The summed E-state index contributed by atoms with van der Waals surface area (Å²) in [6.45, 7) is 13.3. The molecule has 1 rings (SSSR count). The third-order valence-corrected chi connectivity index (χ3v) is 6.58. The summed E-state index contributed by atoms with van der Waals surface area (Å²) in [4.78, 5) is 14.9. The van der Waals surface area contributed by atoms with Crippen LogP contribution in [0, 0.1) is 11.8 Å². The molecule has 35 heavy (non-hydrogen) atoms. The predicted molar refractivity (Wildman–Crippen MR) is 144 cm³/mol. The van der Waals surface area contributed by atoms with Crippen molar-refractivity contribution in [3.8, 4) is 5.75 Å². The topological polar surface area (TPSA) is 97.0 Å². The van der Waals surface area contributed by atoms with Crippen LogP contribution in [0.5, 0.6) is 5.75 Å². The summed E-state index contributed by atoms with van der Waals surface area (Å²) in [6, 6.07) is 5.53. The minimum atomic E-state index is -0.773. The number of methoxy groups -OCH3 is 1. The van der Waals surface area contributed by atoms with Gasteiger partial charge in [-0.2, -0.15) is 0 Å². The fourth-order valence-corrected chi connectivity index (χ4v) is 4.04. The van der Waals surface area contributed by atoms with E-state index in [9.17, 15) is 9.90 Å². The van der Waals surface area contributed by atoms with Gasteiger partial charge >= 0.3 is 0 Å². The molecule has 0 fully saturated rings. The van der Waals surface area contributed by atoms with Crippen LogP contribution in [0.1, 0.15) is 65.9 Å². The number of carbonyl (C=O) groups excluding carboxylic acids is 1. The maximum atomic E-state index is 12.7. The number of rotatable bonds is 18. The Balaban J connectivity index is 2.77. The predicted octanol–water partition coefficient (Wildman–Crippen LogP) is 4.23. The van der Waals surface area contributed by atoms with Gasteiger partial charge in [-0.3, -0.25) is 9.69 Å². The van der Waals surface area contributed by atoms with Crippen LogP contribution in [0.3, 0.4) is 0 Å². The second kappa shape index (κ2) is 17.1. The first-order chi connectivity index (χ1) is 16.6. The molecule has 8 heteroatoms. The third-order valence-electron chi connectivity index (χ3n) is 6.27. The average molecular weight is 514 g/mol. The van der Waals surface area contributed by atoms with E-state index in [1.807, 2.05) is 32.0 Å². The van der Waals surface area contributed by atoms with E-state index in [4.69, 9.17) is 26.8 Å². The zero-order valence-electron chi connectivity index (χ0n) is 22.6. The molecule has 0 aliphatic heterocycles. The number of nitrogens with one attached hydrogen (secondary N) is 1. The van der Waals surface area contributed by atoms with Gasteiger partial charge < -0.3 is 25.6 Å². The average Bonchev–Trinajstić information content (AvgIpc) is 2.81. The SMILES string of the molecule is CCCCNC(=O)[C@@H](C[C@H](O)[C@@H](N)CN(Cc1ccc(Cl)c(OCCCOC)c1)C(C)C)C(C)C. The maximum absolute atomic E-state index is 12.7. The Morgan fingerprint density at radius 1 is 1.20 bits per heavy atom. The third kappa shape index (κ3) is 11.9. The summed E-state index contributed by atoms with van der Waals surface area (Å²) in [7, 11) is 1.67. The fourth-order valence-electron chi connectivity index (χ4n) is 3.86. The molecule has 0 bridgehead atoms. The highest BCUT2D eigenvalue weighted by atomic mass is 35.5. The van der Waals surface area contributed by atoms with Crippen LogP contribution in [-0.2, 0) is 16.1 Å². The van der Waals surface area contributed by atoms with Gasteiger partial charge in [0.15, 0.2) is 0 Å². The number of halogens is 1. The van der Waals surface area contributed by atoms with E-state index in [1.165, 1.54) is 0 Å². The van der Waals surface area contributed by atoms with Gasteiger partial charge in [-0.15, -0.1) is 0 Å². The van der Waals surface area contributed by atoms with Gasteiger partial charge in [0, 0.05) is 57.8 Å². The normalized spacial score (nSPS) is 14.4. The first kappa shape index (κ1) is 31.6. The number of aliphatic hydroxyl groups excluding tert-OH is 1. The molecule has 4 N–H and O–H groups in total. The number of ether oxygens (including phenoxy) is 2. The van der Waals surface area contributed by atoms with E-state index in [0.717, 1.165) is 24.8 Å². The smallest absolute Gasteiger partial charge is 0.223 e. The van der Waals surface area contributed by atoms with Crippen molar-refractivity contribution in [2.45, 2.75) is 85.0 Å². The van der Waals surface area contributed by atoms with Crippen molar-refractivity contribution >= 4 is 17.5 Å². The number of hydrogen-bond donors (Lipinski definition) is 3. The molecule has 0 heterocycles.